The van der Waals surface area contributed by atoms with Gasteiger partial charge in [0, 0.05) is 31.1 Å². The largest absolute Gasteiger partial charge is 0.386 e. The fraction of sp³-hybridized carbons (Fsp3) is 0.812. The maximum Gasteiger partial charge on any atom is 0.101 e. The molecule has 2 fully saturated rings. The molecule has 0 saturated carbocycles. The van der Waals surface area contributed by atoms with Gasteiger partial charge in [-0.15, -0.1) is 11.3 Å². The van der Waals surface area contributed by atoms with Crippen molar-refractivity contribution in [1.82, 2.24) is 14.8 Å². The molecule has 6 heteroatoms. The van der Waals surface area contributed by atoms with Crippen molar-refractivity contribution in [2.75, 3.05) is 33.8 Å². The lowest BCUT2D eigenvalue weighted by Crippen LogP contribution is -2.62. The van der Waals surface area contributed by atoms with Crippen LogP contribution in [-0.4, -0.2) is 70.9 Å². The van der Waals surface area contributed by atoms with E-state index in [-0.39, 0.29) is 11.6 Å². The van der Waals surface area contributed by atoms with Crippen LogP contribution in [0.5, 0.6) is 0 Å². The van der Waals surface area contributed by atoms with Crippen LogP contribution < -0.4 is 0 Å². The van der Waals surface area contributed by atoms with Crippen molar-refractivity contribution in [3.05, 3.63) is 16.6 Å². The fourth-order valence-corrected chi connectivity index (χ4v) is 4.33. The molecule has 1 N–H and O–H groups in total. The van der Waals surface area contributed by atoms with E-state index in [9.17, 15) is 5.11 Å². The van der Waals surface area contributed by atoms with Gasteiger partial charge in [0.05, 0.1) is 23.4 Å². The first-order valence-corrected chi connectivity index (χ1v) is 8.97. The molecule has 3 heterocycles. The summed E-state index contributed by atoms with van der Waals surface area (Å²) in [7, 11) is 4.10. The van der Waals surface area contributed by atoms with E-state index in [4.69, 9.17) is 4.74 Å². The van der Waals surface area contributed by atoms with E-state index in [1.165, 1.54) is 5.69 Å². The van der Waals surface area contributed by atoms with Crippen molar-refractivity contribution in [2.45, 2.75) is 50.0 Å². The van der Waals surface area contributed by atoms with Gasteiger partial charge in [0.15, 0.2) is 0 Å². The van der Waals surface area contributed by atoms with Gasteiger partial charge < -0.3 is 14.7 Å². The minimum Gasteiger partial charge on any atom is -0.386 e. The molecule has 0 unspecified atom stereocenters. The Hall–Kier alpha value is -0.530. The molecule has 2 aliphatic heterocycles. The summed E-state index contributed by atoms with van der Waals surface area (Å²) in [5.74, 6) is 0. The molecular formula is C16H27N3O2S. The highest BCUT2D eigenvalue weighted by atomic mass is 32.1. The first-order valence-electron chi connectivity index (χ1n) is 8.02. The molecule has 2 atom stereocenters. The number of hydrogen-bond donors (Lipinski definition) is 1. The van der Waals surface area contributed by atoms with Crippen molar-refractivity contribution < 1.29 is 9.84 Å². The summed E-state index contributed by atoms with van der Waals surface area (Å²) in [5, 5.41) is 12.7. The number of ether oxygens (including phenoxy) is 1. The molecule has 2 aliphatic rings. The Bertz CT molecular complexity index is 482. The molecule has 1 spiro atoms. The Kier molecular flexibility index (Phi) is 4.58. The van der Waals surface area contributed by atoms with Crippen molar-refractivity contribution >= 4 is 11.3 Å². The fourth-order valence-electron chi connectivity index (χ4n) is 3.78. The topological polar surface area (TPSA) is 48.8 Å². The van der Waals surface area contributed by atoms with E-state index in [1.54, 1.807) is 11.3 Å². The number of nitrogens with zero attached hydrogens (tertiary/aromatic N) is 3. The summed E-state index contributed by atoms with van der Waals surface area (Å²) < 4.78 is 6.17. The number of rotatable bonds is 3. The average molecular weight is 325 g/mol. The van der Waals surface area contributed by atoms with Gasteiger partial charge in [0.2, 0.25) is 0 Å². The molecular weight excluding hydrogens is 298 g/mol. The molecule has 0 amide bonds. The Morgan fingerprint density at radius 1 is 1.45 bits per heavy atom. The van der Waals surface area contributed by atoms with E-state index in [2.05, 4.69) is 34.3 Å². The molecule has 0 radical (unpaired) electrons. The lowest BCUT2D eigenvalue weighted by molar-refractivity contribution is -0.207. The maximum absolute atomic E-state index is 10.6. The SMILES string of the molecule is CN(C)[C@H]1CC2(CCN(Cc3cscn3)CC2)OC[C@]1(C)O. The zero-order valence-electron chi connectivity index (χ0n) is 13.8. The molecule has 1 aromatic rings. The van der Waals surface area contributed by atoms with Gasteiger partial charge >= 0.3 is 0 Å². The predicted octanol–water partition coefficient (Wildman–Crippen LogP) is 1.58. The van der Waals surface area contributed by atoms with Crippen LogP contribution in [0.15, 0.2) is 10.9 Å². The number of thiazole rings is 1. The maximum atomic E-state index is 10.6. The third-order valence-corrected chi connectivity index (χ3v) is 5.85. The van der Waals surface area contributed by atoms with Crippen LogP contribution >= 0.6 is 11.3 Å². The quantitative estimate of drug-likeness (QED) is 0.914. The Labute approximate surface area is 136 Å². The lowest BCUT2D eigenvalue weighted by atomic mass is 9.77. The zero-order valence-corrected chi connectivity index (χ0v) is 14.6. The minimum atomic E-state index is -0.757. The van der Waals surface area contributed by atoms with E-state index in [0.717, 1.165) is 38.9 Å². The predicted molar refractivity (Wildman–Crippen MR) is 88.0 cm³/mol. The third-order valence-electron chi connectivity index (χ3n) is 5.21. The van der Waals surface area contributed by atoms with Gasteiger partial charge in [-0.25, -0.2) is 4.98 Å². The van der Waals surface area contributed by atoms with Crippen LogP contribution in [0, 0.1) is 0 Å². The normalized spacial score (nSPS) is 32.7. The summed E-state index contributed by atoms with van der Waals surface area (Å²) in [5.41, 5.74) is 2.25. The van der Waals surface area contributed by atoms with Gasteiger partial charge in [0.25, 0.3) is 0 Å². The Balaban J connectivity index is 1.60. The van der Waals surface area contributed by atoms with E-state index in [1.807, 2.05) is 12.4 Å². The van der Waals surface area contributed by atoms with Crippen LogP contribution in [0.1, 0.15) is 31.9 Å². The molecule has 0 aromatic carbocycles. The van der Waals surface area contributed by atoms with Gasteiger partial charge in [0.1, 0.15) is 5.60 Å². The Morgan fingerprint density at radius 3 is 2.77 bits per heavy atom. The minimum absolute atomic E-state index is 0.0598. The van der Waals surface area contributed by atoms with Gasteiger partial charge in [-0.05, 0) is 40.3 Å². The second-order valence-corrected chi connectivity index (χ2v) is 7.99. The number of piperidine rings is 1. The summed E-state index contributed by atoms with van der Waals surface area (Å²) in [6, 6.07) is 0.159. The summed E-state index contributed by atoms with van der Waals surface area (Å²) >= 11 is 1.66. The average Bonchev–Trinajstić information content (AvgIpc) is 2.97. The highest BCUT2D eigenvalue weighted by Gasteiger charge is 2.48. The van der Waals surface area contributed by atoms with Crippen LogP contribution in [0.25, 0.3) is 0 Å². The van der Waals surface area contributed by atoms with Crippen molar-refractivity contribution in [3.63, 3.8) is 0 Å². The first-order chi connectivity index (χ1) is 10.4. The lowest BCUT2D eigenvalue weighted by Gasteiger charge is -2.52. The Morgan fingerprint density at radius 2 is 2.18 bits per heavy atom. The molecule has 2 saturated heterocycles. The summed E-state index contributed by atoms with van der Waals surface area (Å²) in [6.45, 7) is 5.35. The monoisotopic (exact) mass is 325 g/mol. The molecule has 22 heavy (non-hydrogen) atoms. The number of aromatic nitrogens is 1. The molecule has 124 valence electrons. The second-order valence-electron chi connectivity index (χ2n) is 7.27. The standard InChI is InChI=1S/C16H27N3O2S/c1-15(20)11-21-16(8-14(15)18(2)3)4-6-19(7-5-16)9-13-10-22-12-17-13/h10,12,14,20H,4-9,11H2,1-3H3/t14-,15-/m0/s1. The molecule has 5 nitrogen and oxygen atoms in total. The highest BCUT2D eigenvalue weighted by Crippen LogP contribution is 2.39. The first kappa shape index (κ1) is 16.3. The smallest absolute Gasteiger partial charge is 0.101 e. The number of aliphatic hydroxyl groups is 1. The highest BCUT2D eigenvalue weighted by molar-refractivity contribution is 7.07. The van der Waals surface area contributed by atoms with Crippen molar-refractivity contribution in [1.29, 1.82) is 0 Å². The van der Waals surface area contributed by atoms with Gasteiger partial charge in [-0.1, -0.05) is 0 Å². The van der Waals surface area contributed by atoms with Crippen molar-refractivity contribution in [2.24, 2.45) is 0 Å². The zero-order chi connectivity index (χ0) is 15.8. The van der Waals surface area contributed by atoms with Crippen LogP contribution in [0.4, 0.5) is 0 Å². The summed E-state index contributed by atoms with van der Waals surface area (Å²) in [4.78, 5) is 8.98. The number of likely N-dealkylation sites (N-methyl/N-ethyl adjacent to an activating group) is 1. The second kappa shape index (κ2) is 6.17. The molecule has 3 rings (SSSR count). The van der Waals surface area contributed by atoms with Gasteiger partial charge in [-0.2, -0.15) is 0 Å². The summed E-state index contributed by atoms with van der Waals surface area (Å²) in [6.07, 6.45) is 2.99. The van der Waals surface area contributed by atoms with Crippen LogP contribution in [-0.2, 0) is 11.3 Å². The molecule has 1 aromatic heterocycles. The van der Waals surface area contributed by atoms with E-state index >= 15 is 0 Å². The van der Waals surface area contributed by atoms with Crippen LogP contribution in [0.2, 0.25) is 0 Å². The van der Waals surface area contributed by atoms with E-state index in [0.29, 0.717) is 6.61 Å². The molecule has 0 aliphatic carbocycles. The van der Waals surface area contributed by atoms with E-state index < -0.39 is 5.60 Å². The van der Waals surface area contributed by atoms with Crippen LogP contribution in [0.3, 0.4) is 0 Å². The number of likely N-dealkylation sites (tertiary alicyclic amines) is 1. The van der Waals surface area contributed by atoms with Crippen molar-refractivity contribution in [3.8, 4) is 0 Å². The third kappa shape index (κ3) is 3.36. The number of hydrogen-bond acceptors (Lipinski definition) is 6. The van der Waals surface area contributed by atoms with Gasteiger partial charge in [-0.3, -0.25) is 4.90 Å². The molecule has 0 bridgehead atoms.